The number of halogens is 3. The molecule has 2 aromatic rings. The van der Waals surface area contributed by atoms with Gasteiger partial charge in [0.2, 0.25) is 5.88 Å². The summed E-state index contributed by atoms with van der Waals surface area (Å²) in [5.41, 5.74) is -0.753. The fourth-order valence-corrected chi connectivity index (χ4v) is 5.06. The van der Waals surface area contributed by atoms with Crippen LogP contribution >= 0.6 is 0 Å². The number of nitrogens with zero attached hydrogens (tertiary/aromatic N) is 4. The molecular formula is C24H25F3N4O3. The molecule has 0 radical (unpaired) electrons. The van der Waals surface area contributed by atoms with Gasteiger partial charge in [0.1, 0.15) is 0 Å². The number of nitriles is 1. The van der Waals surface area contributed by atoms with Gasteiger partial charge in [-0.1, -0.05) is 0 Å². The number of pyridine rings is 1. The van der Waals surface area contributed by atoms with Crippen molar-refractivity contribution in [1.29, 1.82) is 5.26 Å². The van der Waals surface area contributed by atoms with Crippen LogP contribution in [0.25, 0.3) is 0 Å². The van der Waals surface area contributed by atoms with Crippen LogP contribution in [0.15, 0.2) is 36.5 Å². The number of alkyl halides is 3. The predicted octanol–water partition coefficient (Wildman–Crippen LogP) is 3.60. The standard InChI is InChI=1S/C24H25F3N4O3/c1-33-15-23-7-8-30(22(32)17-4-6-21(34-2)29-11-17)12-18(23)13-31(14-23)19-5-3-16(10-28)20(9-19)24(25,26)27/h3-6,9,11,18H,7-8,12-15H2,1-2H3/t18-,23+/m1/s1. The molecule has 1 amide bonds. The Morgan fingerprint density at radius 2 is 2.06 bits per heavy atom. The highest BCUT2D eigenvalue weighted by Crippen LogP contribution is 2.45. The first-order valence-electron chi connectivity index (χ1n) is 10.9. The summed E-state index contributed by atoms with van der Waals surface area (Å²) >= 11 is 0. The zero-order valence-electron chi connectivity index (χ0n) is 18.9. The number of benzene rings is 1. The second-order valence-electron chi connectivity index (χ2n) is 8.80. The van der Waals surface area contributed by atoms with Gasteiger partial charge in [-0.3, -0.25) is 4.79 Å². The van der Waals surface area contributed by atoms with E-state index in [1.807, 2.05) is 4.90 Å². The molecular weight excluding hydrogens is 449 g/mol. The van der Waals surface area contributed by atoms with Crippen LogP contribution in [0.5, 0.6) is 5.88 Å². The van der Waals surface area contributed by atoms with E-state index < -0.39 is 17.3 Å². The van der Waals surface area contributed by atoms with Crippen molar-refractivity contribution < 1.29 is 27.4 Å². The molecule has 2 aliphatic heterocycles. The molecule has 0 spiro atoms. The maximum Gasteiger partial charge on any atom is 0.417 e. The number of anilines is 1. The van der Waals surface area contributed by atoms with Gasteiger partial charge in [-0.05, 0) is 30.7 Å². The number of ether oxygens (including phenoxy) is 2. The zero-order chi connectivity index (χ0) is 24.5. The SMILES string of the molecule is COC[C@@]12CCN(C(=O)c3ccc(OC)nc3)C[C@@H]1CN(c1ccc(C#N)c(C(F)(F)F)c1)C2. The van der Waals surface area contributed by atoms with Crippen molar-refractivity contribution in [2.24, 2.45) is 11.3 Å². The van der Waals surface area contributed by atoms with Crippen molar-refractivity contribution in [3.8, 4) is 11.9 Å². The summed E-state index contributed by atoms with van der Waals surface area (Å²) < 4.78 is 51.0. The number of hydrogen-bond acceptors (Lipinski definition) is 6. The van der Waals surface area contributed by atoms with Crippen molar-refractivity contribution in [3.05, 3.63) is 53.2 Å². The second kappa shape index (κ2) is 9.14. The van der Waals surface area contributed by atoms with Crippen molar-refractivity contribution in [3.63, 3.8) is 0 Å². The highest BCUT2D eigenvalue weighted by Gasteiger charge is 2.50. The van der Waals surface area contributed by atoms with Gasteiger partial charge in [0.05, 0.1) is 36.5 Å². The zero-order valence-corrected chi connectivity index (χ0v) is 18.9. The molecule has 1 aromatic heterocycles. The summed E-state index contributed by atoms with van der Waals surface area (Å²) in [6.07, 6.45) is -2.47. The molecule has 0 bridgehead atoms. The molecule has 180 valence electrons. The minimum atomic E-state index is -4.62. The minimum Gasteiger partial charge on any atom is -0.481 e. The van der Waals surface area contributed by atoms with Gasteiger partial charge in [0.15, 0.2) is 0 Å². The molecule has 2 aliphatic rings. The lowest BCUT2D eigenvalue weighted by atomic mass is 9.73. The molecule has 0 N–H and O–H groups in total. The van der Waals surface area contributed by atoms with Crippen molar-refractivity contribution in [1.82, 2.24) is 9.88 Å². The fraction of sp³-hybridized carbons (Fsp3) is 0.458. The summed E-state index contributed by atoms with van der Waals surface area (Å²) in [4.78, 5) is 20.9. The number of piperidine rings is 1. The van der Waals surface area contributed by atoms with Crippen LogP contribution in [-0.2, 0) is 10.9 Å². The lowest BCUT2D eigenvalue weighted by Crippen LogP contribution is -2.50. The van der Waals surface area contributed by atoms with Gasteiger partial charge >= 0.3 is 6.18 Å². The number of aromatic nitrogens is 1. The van der Waals surface area contributed by atoms with Gasteiger partial charge in [-0.2, -0.15) is 18.4 Å². The molecule has 0 unspecified atom stereocenters. The highest BCUT2D eigenvalue weighted by atomic mass is 19.4. The smallest absolute Gasteiger partial charge is 0.417 e. The Kier molecular flexibility index (Phi) is 6.41. The van der Waals surface area contributed by atoms with Gasteiger partial charge in [-0.25, -0.2) is 4.98 Å². The number of fused-ring (bicyclic) bond motifs is 1. The van der Waals surface area contributed by atoms with Crippen LogP contribution in [0.2, 0.25) is 0 Å². The number of carbonyl (C=O) groups excluding carboxylic acids is 1. The number of rotatable bonds is 5. The largest absolute Gasteiger partial charge is 0.481 e. The molecule has 1 aromatic carbocycles. The van der Waals surface area contributed by atoms with E-state index in [2.05, 4.69) is 4.98 Å². The molecule has 0 saturated carbocycles. The molecule has 0 aliphatic carbocycles. The number of carbonyl (C=O) groups is 1. The molecule has 34 heavy (non-hydrogen) atoms. The summed E-state index contributed by atoms with van der Waals surface area (Å²) in [5.74, 6) is 0.292. The van der Waals surface area contributed by atoms with Crippen molar-refractivity contribution >= 4 is 11.6 Å². The van der Waals surface area contributed by atoms with Crippen LogP contribution in [0.4, 0.5) is 18.9 Å². The summed E-state index contributed by atoms with van der Waals surface area (Å²) in [6.45, 7) is 2.42. The summed E-state index contributed by atoms with van der Waals surface area (Å²) in [7, 11) is 3.11. The van der Waals surface area contributed by atoms with E-state index in [-0.39, 0.29) is 17.2 Å². The number of likely N-dealkylation sites (tertiary alicyclic amines) is 1. The highest BCUT2D eigenvalue weighted by molar-refractivity contribution is 5.94. The maximum absolute atomic E-state index is 13.5. The van der Waals surface area contributed by atoms with Crippen LogP contribution < -0.4 is 9.64 Å². The Morgan fingerprint density at radius 3 is 2.68 bits per heavy atom. The monoisotopic (exact) mass is 474 g/mol. The molecule has 3 heterocycles. The quantitative estimate of drug-likeness (QED) is 0.659. The average molecular weight is 474 g/mol. The molecule has 7 nitrogen and oxygen atoms in total. The number of amides is 1. The first kappa shape index (κ1) is 23.8. The van der Waals surface area contributed by atoms with E-state index in [0.717, 1.165) is 6.07 Å². The third-order valence-electron chi connectivity index (χ3n) is 6.84. The number of methoxy groups -OCH3 is 2. The molecule has 4 rings (SSSR count). The molecule has 2 atom stereocenters. The lowest BCUT2D eigenvalue weighted by molar-refractivity contribution is -0.137. The third kappa shape index (κ3) is 4.40. The Balaban J connectivity index is 1.57. The lowest BCUT2D eigenvalue weighted by Gasteiger charge is -2.43. The normalized spacial score (nSPS) is 22.3. The molecule has 10 heteroatoms. The van der Waals surface area contributed by atoms with Gasteiger partial charge in [0.25, 0.3) is 5.91 Å². The maximum atomic E-state index is 13.5. The summed E-state index contributed by atoms with van der Waals surface area (Å²) in [5, 5.41) is 9.09. The first-order valence-corrected chi connectivity index (χ1v) is 10.9. The van der Waals surface area contributed by atoms with E-state index in [0.29, 0.717) is 56.3 Å². The topological polar surface area (TPSA) is 78.7 Å². The number of hydrogen-bond donors (Lipinski definition) is 0. The minimum absolute atomic E-state index is 0.0151. The van der Waals surface area contributed by atoms with Crippen LogP contribution in [-0.4, -0.2) is 62.8 Å². The molecule has 2 fully saturated rings. The fourth-order valence-electron chi connectivity index (χ4n) is 5.06. The Bertz CT molecular complexity index is 1100. The first-order chi connectivity index (χ1) is 16.2. The van der Waals surface area contributed by atoms with Gasteiger partial charge < -0.3 is 19.3 Å². The Hall–Kier alpha value is -3.32. The third-order valence-corrected chi connectivity index (χ3v) is 6.84. The van der Waals surface area contributed by atoms with E-state index in [1.165, 1.54) is 19.4 Å². The Labute approximate surface area is 195 Å². The molecule has 2 saturated heterocycles. The van der Waals surface area contributed by atoms with E-state index in [4.69, 9.17) is 14.7 Å². The van der Waals surface area contributed by atoms with E-state index in [9.17, 15) is 18.0 Å². The average Bonchev–Trinajstić information content (AvgIpc) is 3.21. The van der Waals surface area contributed by atoms with Gasteiger partial charge in [0, 0.05) is 62.6 Å². The van der Waals surface area contributed by atoms with Crippen molar-refractivity contribution in [2.75, 3.05) is 51.9 Å². The summed E-state index contributed by atoms with van der Waals surface area (Å²) in [6, 6.07) is 8.74. The predicted molar refractivity (Wildman–Crippen MR) is 117 cm³/mol. The van der Waals surface area contributed by atoms with Crippen LogP contribution in [0.3, 0.4) is 0 Å². The second-order valence-corrected chi connectivity index (χ2v) is 8.80. The van der Waals surface area contributed by atoms with E-state index >= 15 is 0 Å². The van der Waals surface area contributed by atoms with Gasteiger partial charge in [-0.15, -0.1) is 0 Å². The van der Waals surface area contributed by atoms with Crippen LogP contribution in [0, 0.1) is 22.7 Å². The van der Waals surface area contributed by atoms with Crippen molar-refractivity contribution in [2.45, 2.75) is 12.6 Å². The van der Waals surface area contributed by atoms with E-state index in [1.54, 1.807) is 36.3 Å². The Morgan fingerprint density at radius 1 is 1.26 bits per heavy atom. The van der Waals surface area contributed by atoms with Crippen LogP contribution in [0.1, 0.15) is 27.9 Å².